The summed E-state index contributed by atoms with van der Waals surface area (Å²) < 4.78 is 5.30. The van der Waals surface area contributed by atoms with Crippen LogP contribution in [0.1, 0.15) is 31.2 Å². The summed E-state index contributed by atoms with van der Waals surface area (Å²) in [6, 6.07) is 9.72. The van der Waals surface area contributed by atoms with Gasteiger partial charge in [-0.1, -0.05) is 30.3 Å². The van der Waals surface area contributed by atoms with E-state index in [-0.39, 0.29) is 12.1 Å². The molecule has 1 N–H and O–H groups in total. The average molecular weight is 301 g/mol. The highest BCUT2D eigenvalue weighted by atomic mass is 16.5. The number of rotatable bonds is 3. The average Bonchev–Trinajstić information content (AvgIpc) is 3.03. The largest absolute Gasteiger partial charge is 0.445 e. The molecule has 1 fully saturated rings. The highest BCUT2D eigenvalue weighted by Gasteiger charge is 2.28. The minimum absolute atomic E-state index is 0.00127. The Morgan fingerprint density at radius 3 is 2.77 bits per heavy atom. The van der Waals surface area contributed by atoms with Crippen LogP contribution in [0.15, 0.2) is 35.3 Å². The fourth-order valence-electron chi connectivity index (χ4n) is 3.03. The van der Waals surface area contributed by atoms with Gasteiger partial charge in [0, 0.05) is 19.6 Å². The Morgan fingerprint density at radius 1 is 1.23 bits per heavy atom. The van der Waals surface area contributed by atoms with Gasteiger partial charge < -0.3 is 15.0 Å². The van der Waals surface area contributed by atoms with E-state index in [1.807, 2.05) is 30.3 Å². The zero-order valence-corrected chi connectivity index (χ0v) is 12.8. The number of piperidine rings is 1. The fraction of sp³-hybridized carbons (Fsp3) is 0.529. The first-order valence-corrected chi connectivity index (χ1v) is 8.09. The lowest BCUT2D eigenvalue weighted by atomic mass is 10.1. The number of aliphatic imine (C=N–C) groups is 1. The predicted octanol–water partition coefficient (Wildman–Crippen LogP) is 2.57. The van der Waals surface area contributed by atoms with Crippen molar-refractivity contribution in [1.29, 1.82) is 0 Å². The van der Waals surface area contributed by atoms with Crippen molar-refractivity contribution in [3.63, 3.8) is 0 Å². The number of carbonyl (C=O) groups is 1. The van der Waals surface area contributed by atoms with Gasteiger partial charge in [0.15, 0.2) is 0 Å². The lowest BCUT2D eigenvalue weighted by Gasteiger charge is -2.31. The third-order valence-corrected chi connectivity index (χ3v) is 4.19. The van der Waals surface area contributed by atoms with Gasteiger partial charge in [-0.2, -0.15) is 0 Å². The number of amidine groups is 1. The van der Waals surface area contributed by atoms with Crippen LogP contribution in [-0.4, -0.2) is 42.5 Å². The molecule has 5 heteroatoms. The Balaban J connectivity index is 1.49. The number of hydrogen-bond donors (Lipinski definition) is 1. The van der Waals surface area contributed by atoms with Gasteiger partial charge in [0.25, 0.3) is 0 Å². The molecule has 2 aliphatic heterocycles. The number of ether oxygens (including phenoxy) is 1. The lowest BCUT2D eigenvalue weighted by Crippen LogP contribution is -2.48. The molecule has 1 unspecified atom stereocenters. The van der Waals surface area contributed by atoms with Crippen molar-refractivity contribution in [2.24, 2.45) is 4.99 Å². The summed E-state index contributed by atoms with van der Waals surface area (Å²) in [7, 11) is 0. The standard InChI is InChI=1S/C17H23N3O2/c21-17(22-13-14-7-3-1-4-8-14)19-15-9-10-18-16(15)20-11-5-2-6-12-20/h1,3-4,7-8,15H,2,5-6,9-13H2,(H,19,21). The molecule has 2 aliphatic rings. The van der Waals surface area contributed by atoms with Crippen LogP contribution in [0.4, 0.5) is 4.79 Å². The minimum atomic E-state index is -0.361. The SMILES string of the molecule is O=C(NC1CCN=C1N1CCCCC1)OCc1ccccc1. The second kappa shape index (κ2) is 7.29. The lowest BCUT2D eigenvalue weighted by molar-refractivity contribution is 0.137. The maximum absolute atomic E-state index is 12.0. The first-order chi connectivity index (χ1) is 10.8. The van der Waals surface area contributed by atoms with Gasteiger partial charge >= 0.3 is 6.09 Å². The molecule has 1 saturated heterocycles. The maximum atomic E-state index is 12.0. The summed E-state index contributed by atoms with van der Waals surface area (Å²) in [5.41, 5.74) is 0.994. The maximum Gasteiger partial charge on any atom is 0.408 e. The molecule has 3 rings (SSSR count). The number of likely N-dealkylation sites (tertiary alicyclic amines) is 1. The topological polar surface area (TPSA) is 53.9 Å². The summed E-state index contributed by atoms with van der Waals surface area (Å²) >= 11 is 0. The van der Waals surface area contributed by atoms with E-state index in [0.29, 0.717) is 6.61 Å². The molecular formula is C17H23N3O2. The molecule has 1 amide bonds. The van der Waals surface area contributed by atoms with E-state index in [9.17, 15) is 4.79 Å². The molecular weight excluding hydrogens is 278 g/mol. The van der Waals surface area contributed by atoms with E-state index in [2.05, 4.69) is 15.2 Å². The number of carbonyl (C=O) groups excluding carboxylic acids is 1. The number of benzene rings is 1. The van der Waals surface area contributed by atoms with Crippen LogP contribution >= 0.6 is 0 Å². The number of amides is 1. The van der Waals surface area contributed by atoms with Gasteiger partial charge in [-0.15, -0.1) is 0 Å². The van der Waals surface area contributed by atoms with Crippen molar-refractivity contribution >= 4 is 11.9 Å². The predicted molar refractivity (Wildman–Crippen MR) is 85.9 cm³/mol. The van der Waals surface area contributed by atoms with Crippen molar-refractivity contribution in [3.8, 4) is 0 Å². The zero-order chi connectivity index (χ0) is 15.2. The molecule has 0 saturated carbocycles. The Bertz CT molecular complexity index is 524. The molecule has 0 radical (unpaired) electrons. The van der Waals surface area contributed by atoms with Crippen molar-refractivity contribution in [1.82, 2.24) is 10.2 Å². The molecule has 1 aromatic rings. The van der Waals surface area contributed by atoms with Crippen LogP contribution < -0.4 is 5.32 Å². The Hall–Kier alpha value is -2.04. The van der Waals surface area contributed by atoms with E-state index in [4.69, 9.17) is 4.74 Å². The molecule has 118 valence electrons. The Kier molecular flexibility index (Phi) is 4.93. The summed E-state index contributed by atoms with van der Waals surface area (Å²) in [5.74, 6) is 1.04. The fourth-order valence-corrected chi connectivity index (χ4v) is 3.03. The number of hydrogen-bond acceptors (Lipinski definition) is 4. The summed E-state index contributed by atoms with van der Waals surface area (Å²) in [4.78, 5) is 18.9. The second-order valence-corrected chi connectivity index (χ2v) is 5.83. The van der Waals surface area contributed by atoms with Crippen LogP contribution in [0.5, 0.6) is 0 Å². The van der Waals surface area contributed by atoms with E-state index < -0.39 is 0 Å². The monoisotopic (exact) mass is 301 g/mol. The quantitative estimate of drug-likeness (QED) is 0.933. The third-order valence-electron chi connectivity index (χ3n) is 4.19. The van der Waals surface area contributed by atoms with Crippen molar-refractivity contribution < 1.29 is 9.53 Å². The number of nitrogens with one attached hydrogen (secondary N) is 1. The first kappa shape index (κ1) is 14.9. The first-order valence-electron chi connectivity index (χ1n) is 8.09. The number of alkyl carbamates (subject to hydrolysis) is 1. The number of nitrogens with zero attached hydrogens (tertiary/aromatic N) is 2. The van der Waals surface area contributed by atoms with E-state index in [1.54, 1.807) is 0 Å². The van der Waals surface area contributed by atoms with Crippen LogP contribution in [0.25, 0.3) is 0 Å². The van der Waals surface area contributed by atoms with Gasteiger partial charge in [0.2, 0.25) is 0 Å². The Morgan fingerprint density at radius 2 is 2.00 bits per heavy atom. The molecule has 5 nitrogen and oxygen atoms in total. The highest BCUT2D eigenvalue weighted by Crippen LogP contribution is 2.16. The van der Waals surface area contributed by atoms with Crippen molar-refractivity contribution in [2.75, 3.05) is 19.6 Å². The Labute approximate surface area is 131 Å². The van der Waals surface area contributed by atoms with Crippen LogP contribution in [-0.2, 0) is 11.3 Å². The molecule has 0 bridgehead atoms. The normalized spacial score (nSPS) is 21.4. The molecule has 1 atom stereocenters. The van der Waals surface area contributed by atoms with Crippen molar-refractivity contribution in [3.05, 3.63) is 35.9 Å². The van der Waals surface area contributed by atoms with Gasteiger partial charge in [0.1, 0.15) is 12.4 Å². The molecule has 0 aliphatic carbocycles. The molecule has 0 aromatic heterocycles. The second-order valence-electron chi connectivity index (χ2n) is 5.83. The van der Waals surface area contributed by atoms with Gasteiger partial charge in [-0.25, -0.2) is 4.79 Å². The molecule has 1 aromatic carbocycles. The van der Waals surface area contributed by atoms with E-state index >= 15 is 0 Å². The van der Waals surface area contributed by atoms with Crippen LogP contribution in [0.2, 0.25) is 0 Å². The summed E-state index contributed by atoms with van der Waals surface area (Å²) in [6.07, 6.45) is 4.22. The highest BCUT2D eigenvalue weighted by molar-refractivity contribution is 5.91. The third kappa shape index (κ3) is 3.78. The molecule has 2 heterocycles. The summed E-state index contributed by atoms with van der Waals surface area (Å²) in [6.45, 7) is 3.19. The smallest absolute Gasteiger partial charge is 0.408 e. The minimum Gasteiger partial charge on any atom is -0.445 e. The zero-order valence-electron chi connectivity index (χ0n) is 12.8. The van der Waals surface area contributed by atoms with Gasteiger partial charge in [-0.05, 0) is 31.2 Å². The van der Waals surface area contributed by atoms with Crippen molar-refractivity contribution in [2.45, 2.75) is 38.3 Å². The van der Waals surface area contributed by atoms with E-state index in [1.165, 1.54) is 19.3 Å². The van der Waals surface area contributed by atoms with Gasteiger partial charge in [0.05, 0.1) is 6.04 Å². The summed E-state index contributed by atoms with van der Waals surface area (Å²) in [5, 5.41) is 2.96. The van der Waals surface area contributed by atoms with Crippen LogP contribution in [0, 0.1) is 0 Å². The van der Waals surface area contributed by atoms with Gasteiger partial charge in [-0.3, -0.25) is 4.99 Å². The molecule has 22 heavy (non-hydrogen) atoms. The van der Waals surface area contributed by atoms with E-state index in [0.717, 1.165) is 37.5 Å². The molecule has 0 spiro atoms. The van der Waals surface area contributed by atoms with Crippen LogP contribution in [0.3, 0.4) is 0 Å².